The highest BCUT2D eigenvalue weighted by Crippen LogP contribution is 2.24. The number of aryl methyl sites for hydroxylation is 1. The summed E-state index contributed by atoms with van der Waals surface area (Å²) in [5.74, 6) is 0.467. The number of aromatic nitrogens is 1. The van der Waals surface area contributed by atoms with Gasteiger partial charge in [0, 0.05) is 18.8 Å². The largest absolute Gasteiger partial charge is 0.393 e. The monoisotopic (exact) mass is 250 g/mol. The van der Waals surface area contributed by atoms with E-state index in [0.717, 1.165) is 31.6 Å². The van der Waals surface area contributed by atoms with Crippen molar-refractivity contribution in [3.63, 3.8) is 0 Å². The molecular weight excluding hydrogens is 224 g/mol. The van der Waals surface area contributed by atoms with Gasteiger partial charge in [0.25, 0.3) is 0 Å². The maximum atomic E-state index is 9.54. The first kappa shape index (κ1) is 15.0. The molecule has 0 saturated carbocycles. The summed E-state index contributed by atoms with van der Waals surface area (Å²) < 4.78 is 0. The Morgan fingerprint density at radius 3 is 2.33 bits per heavy atom. The van der Waals surface area contributed by atoms with E-state index >= 15 is 0 Å². The second kappa shape index (κ2) is 7.37. The molecule has 1 fully saturated rings. The molecule has 0 aliphatic carbocycles. The van der Waals surface area contributed by atoms with Gasteiger partial charge in [-0.25, -0.2) is 0 Å². The topological polar surface area (TPSA) is 36.4 Å². The van der Waals surface area contributed by atoms with Crippen LogP contribution in [0.5, 0.6) is 0 Å². The highest BCUT2D eigenvalue weighted by Gasteiger charge is 2.22. The molecule has 3 heteroatoms. The lowest BCUT2D eigenvalue weighted by Crippen LogP contribution is -2.37. The van der Waals surface area contributed by atoms with Crippen LogP contribution in [0.25, 0.3) is 0 Å². The second-order valence-corrected chi connectivity index (χ2v) is 4.72. The van der Waals surface area contributed by atoms with E-state index in [1.165, 1.54) is 5.69 Å². The number of hydrogen-bond donors (Lipinski definition) is 1. The minimum atomic E-state index is -0.168. The van der Waals surface area contributed by atoms with Crippen molar-refractivity contribution in [2.45, 2.75) is 46.6 Å². The SMILES string of the molecule is CC.Cc1ccc(N2CCC(C(C)O)CC2)cn1. The van der Waals surface area contributed by atoms with Crippen molar-refractivity contribution >= 4 is 5.69 Å². The lowest BCUT2D eigenvalue weighted by atomic mass is 9.92. The number of hydrogen-bond acceptors (Lipinski definition) is 3. The fraction of sp³-hybridized carbons (Fsp3) is 0.667. The van der Waals surface area contributed by atoms with Crippen LogP contribution in [-0.2, 0) is 0 Å². The number of anilines is 1. The standard InChI is InChI=1S/C13H20N2O.C2H6/c1-10-3-4-13(9-14-10)15-7-5-12(6-8-15)11(2)16;1-2/h3-4,9,11-12,16H,5-8H2,1-2H3;1-2H3. The van der Waals surface area contributed by atoms with Crippen LogP contribution in [-0.4, -0.2) is 29.3 Å². The van der Waals surface area contributed by atoms with Crippen LogP contribution in [0.3, 0.4) is 0 Å². The lowest BCUT2D eigenvalue weighted by Gasteiger charge is -2.34. The van der Waals surface area contributed by atoms with Crippen molar-refractivity contribution in [3.8, 4) is 0 Å². The molecule has 0 radical (unpaired) electrons. The molecule has 1 saturated heterocycles. The molecule has 1 aromatic heterocycles. The zero-order valence-electron chi connectivity index (χ0n) is 12.1. The van der Waals surface area contributed by atoms with Gasteiger partial charge in [0.15, 0.2) is 0 Å². The third-order valence-corrected chi connectivity index (χ3v) is 3.48. The molecule has 1 atom stereocenters. The Balaban J connectivity index is 0.000000771. The molecule has 2 heterocycles. The molecule has 1 aliphatic rings. The van der Waals surface area contributed by atoms with Crippen LogP contribution in [0.1, 0.15) is 39.3 Å². The van der Waals surface area contributed by atoms with Crippen molar-refractivity contribution in [3.05, 3.63) is 24.0 Å². The van der Waals surface area contributed by atoms with Gasteiger partial charge in [-0.3, -0.25) is 4.98 Å². The van der Waals surface area contributed by atoms with Gasteiger partial charge in [-0.15, -0.1) is 0 Å². The molecule has 1 N–H and O–H groups in total. The molecule has 0 bridgehead atoms. The van der Waals surface area contributed by atoms with E-state index in [0.29, 0.717) is 5.92 Å². The van der Waals surface area contributed by atoms with Crippen molar-refractivity contribution < 1.29 is 5.11 Å². The molecule has 1 aliphatic heterocycles. The first-order valence-electron chi connectivity index (χ1n) is 7.02. The summed E-state index contributed by atoms with van der Waals surface area (Å²) >= 11 is 0. The number of aliphatic hydroxyl groups excluding tert-OH is 1. The van der Waals surface area contributed by atoms with Gasteiger partial charge in [-0.05, 0) is 44.7 Å². The number of rotatable bonds is 2. The van der Waals surface area contributed by atoms with Gasteiger partial charge in [0.2, 0.25) is 0 Å². The molecular formula is C15H26N2O. The Kier molecular flexibility index (Phi) is 6.13. The van der Waals surface area contributed by atoms with Gasteiger partial charge >= 0.3 is 0 Å². The van der Waals surface area contributed by atoms with Crippen LogP contribution < -0.4 is 4.90 Å². The summed E-state index contributed by atoms with van der Waals surface area (Å²) in [6, 6.07) is 4.18. The fourth-order valence-electron chi connectivity index (χ4n) is 2.29. The Bertz CT molecular complexity index is 327. The first-order chi connectivity index (χ1) is 8.66. The highest BCUT2D eigenvalue weighted by atomic mass is 16.3. The van der Waals surface area contributed by atoms with Crippen molar-refractivity contribution in [1.29, 1.82) is 0 Å². The molecule has 2 rings (SSSR count). The van der Waals surface area contributed by atoms with Crippen LogP contribution in [0.2, 0.25) is 0 Å². The maximum absolute atomic E-state index is 9.54. The molecule has 102 valence electrons. The molecule has 1 aromatic rings. The van der Waals surface area contributed by atoms with Crippen molar-refractivity contribution in [1.82, 2.24) is 4.98 Å². The Labute approximate surface area is 111 Å². The summed E-state index contributed by atoms with van der Waals surface area (Å²) in [5, 5.41) is 9.54. The van der Waals surface area contributed by atoms with Gasteiger partial charge < -0.3 is 10.0 Å². The molecule has 3 nitrogen and oxygen atoms in total. The lowest BCUT2D eigenvalue weighted by molar-refractivity contribution is 0.110. The quantitative estimate of drug-likeness (QED) is 0.876. The number of pyridine rings is 1. The fourth-order valence-corrected chi connectivity index (χ4v) is 2.29. The van der Waals surface area contributed by atoms with Gasteiger partial charge in [-0.1, -0.05) is 13.8 Å². The van der Waals surface area contributed by atoms with Crippen LogP contribution in [0.4, 0.5) is 5.69 Å². The van der Waals surface area contributed by atoms with E-state index in [4.69, 9.17) is 0 Å². The van der Waals surface area contributed by atoms with Crippen molar-refractivity contribution in [2.75, 3.05) is 18.0 Å². The predicted octanol–water partition coefficient (Wildman–Crippen LogP) is 3.01. The summed E-state index contributed by atoms with van der Waals surface area (Å²) in [6.45, 7) is 9.96. The highest BCUT2D eigenvalue weighted by molar-refractivity contribution is 5.44. The molecule has 0 aromatic carbocycles. The summed E-state index contributed by atoms with van der Waals surface area (Å²) in [4.78, 5) is 6.67. The summed E-state index contributed by atoms with van der Waals surface area (Å²) in [6.07, 6.45) is 3.92. The minimum absolute atomic E-state index is 0.168. The van der Waals surface area contributed by atoms with E-state index in [1.807, 2.05) is 33.9 Å². The van der Waals surface area contributed by atoms with Crippen molar-refractivity contribution in [2.24, 2.45) is 5.92 Å². The van der Waals surface area contributed by atoms with Gasteiger partial charge in [0.1, 0.15) is 0 Å². The van der Waals surface area contributed by atoms with E-state index in [1.54, 1.807) is 0 Å². The molecule has 1 unspecified atom stereocenters. The van der Waals surface area contributed by atoms with Crippen LogP contribution in [0, 0.1) is 12.8 Å². The van der Waals surface area contributed by atoms with E-state index in [9.17, 15) is 5.11 Å². The number of piperidine rings is 1. The summed E-state index contributed by atoms with van der Waals surface area (Å²) in [5.41, 5.74) is 2.26. The van der Waals surface area contributed by atoms with Gasteiger partial charge in [0.05, 0.1) is 18.0 Å². The average Bonchev–Trinajstić information content (AvgIpc) is 2.42. The van der Waals surface area contributed by atoms with E-state index < -0.39 is 0 Å². The number of aliphatic hydroxyl groups is 1. The molecule has 18 heavy (non-hydrogen) atoms. The van der Waals surface area contributed by atoms with Gasteiger partial charge in [-0.2, -0.15) is 0 Å². The number of nitrogens with zero attached hydrogens (tertiary/aromatic N) is 2. The smallest absolute Gasteiger partial charge is 0.0552 e. The zero-order chi connectivity index (χ0) is 13.5. The molecule has 0 spiro atoms. The Hall–Kier alpha value is -1.09. The molecule has 0 amide bonds. The van der Waals surface area contributed by atoms with Crippen LogP contribution >= 0.6 is 0 Å². The summed E-state index contributed by atoms with van der Waals surface area (Å²) in [7, 11) is 0. The zero-order valence-corrected chi connectivity index (χ0v) is 12.1. The minimum Gasteiger partial charge on any atom is -0.393 e. The van der Waals surface area contributed by atoms with E-state index in [-0.39, 0.29) is 6.10 Å². The Morgan fingerprint density at radius 2 is 1.89 bits per heavy atom. The average molecular weight is 250 g/mol. The third-order valence-electron chi connectivity index (χ3n) is 3.48. The maximum Gasteiger partial charge on any atom is 0.0552 e. The predicted molar refractivity (Wildman–Crippen MR) is 76.9 cm³/mol. The van der Waals surface area contributed by atoms with Crippen LogP contribution in [0.15, 0.2) is 18.3 Å². The third kappa shape index (κ3) is 3.98. The normalized spacial score (nSPS) is 17.9. The first-order valence-corrected chi connectivity index (χ1v) is 7.02. The Morgan fingerprint density at radius 1 is 1.28 bits per heavy atom. The second-order valence-electron chi connectivity index (χ2n) is 4.72. The van der Waals surface area contributed by atoms with E-state index in [2.05, 4.69) is 22.0 Å².